The second-order valence-corrected chi connectivity index (χ2v) is 10.5. The molecule has 170 valence electrons. The summed E-state index contributed by atoms with van der Waals surface area (Å²) in [7, 11) is -3.41. The average Bonchev–Trinajstić information content (AvgIpc) is 3.29. The molecule has 32 heavy (non-hydrogen) atoms. The summed E-state index contributed by atoms with van der Waals surface area (Å²) < 4.78 is 33.6. The SMILES string of the molecule is Cc1cccc(C(Cc2cccc(NS(=O)(=O)CC3CCOCC3)c2)c2cnc[nH]2)c1C. The number of imidazole rings is 1. The molecule has 1 aliphatic rings. The summed E-state index contributed by atoms with van der Waals surface area (Å²) in [5.74, 6) is 0.393. The number of ether oxygens (including phenoxy) is 1. The number of rotatable bonds is 8. The van der Waals surface area contributed by atoms with Crippen molar-refractivity contribution in [3.8, 4) is 0 Å². The number of benzene rings is 2. The third-order valence-electron chi connectivity index (χ3n) is 6.35. The van der Waals surface area contributed by atoms with E-state index in [1.54, 1.807) is 6.33 Å². The summed E-state index contributed by atoms with van der Waals surface area (Å²) in [4.78, 5) is 7.50. The molecule has 0 radical (unpaired) electrons. The predicted octanol–water partition coefficient (Wildman–Crippen LogP) is 4.57. The van der Waals surface area contributed by atoms with Gasteiger partial charge in [-0.1, -0.05) is 30.3 Å². The molecule has 1 saturated heterocycles. The molecule has 0 spiro atoms. The Bertz CT molecular complexity index is 1140. The van der Waals surface area contributed by atoms with Crippen molar-refractivity contribution in [1.82, 2.24) is 9.97 Å². The van der Waals surface area contributed by atoms with Gasteiger partial charge in [-0.15, -0.1) is 0 Å². The minimum atomic E-state index is -3.41. The topological polar surface area (TPSA) is 84.1 Å². The quantitative estimate of drug-likeness (QED) is 0.523. The van der Waals surface area contributed by atoms with Gasteiger partial charge in [-0.2, -0.15) is 0 Å². The van der Waals surface area contributed by atoms with Crippen molar-refractivity contribution < 1.29 is 13.2 Å². The van der Waals surface area contributed by atoms with Crippen LogP contribution in [0.4, 0.5) is 5.69 Å². The molecule has 7 heteroatoms. The molecule has 2 N–H and O–H groups in total. The summed E-state index contributed by atoms with van der Waals surface area (Å²) >= 11 is 0. The summed E-state index contributed by atoms with van der Waals surface area (Å²) in [6, 6.07) is 14.1. The van der Waals surface area contributed by atoms with Gasteiger partial charge in [0.25, 0.3) is 0 Å². The molecule has 0 bridgehead atoms. The Morgan fingerprint density at radius 1 is 1.16 bits per heavy atom. The van der Waals surface area contributed by atoms with Crippen molar-refractivity contribution in [3.05, 3.63) is 82.9 Å². The molecule has 2 aromatic carbocycles. The number of hydrogen-bond donors (Lipinski definition) is 2. The van der Waals surface area contributed by atoms with E-state index in [9.17, 15) is 8.42 Å². The average molecular weight is 454 g/mol. The lowest BCUT2D eigenvalue weighted by Gasteiger charge is -2.22. The second kappa shape index (κ2) is 9.88. The number of hydrogen-bond acceptors (Lipinski definition) is 4. The fourth-order valence-corrected chi connectivity index (χ4v) is 5.96. The van der Waals surface area contributed by atoms with E-state index in [-0.39, 0.29) is 17.6 Å². The van der Waals surface area contributed by atoms with Gasteiger partial charge in [-0.25, -0.2) is 13.4 Å². The van der Waals surface area contributed by atoms with Gasteiger partial charge in [0, 0.05) is 36.7 Å². The Balaban J connectivity index is 1.54. The van der Waals surface area contributed by atoms with Gasteiger partial charge in [0.2, 0.25) is 10.0 Å². The van der Waals surface area contributed by atoms with Crippen LogP contribution in [0.2, 0.25) is 0 Å². The van der Waals surface area contributed by atoms with E-state index in [1.807, 2.05) is 30.5 Å². The Hall–Kier alpha value is -2.64. The van der Waals surface area contributed by atoms with Gasteiger partial charge in [0.05, 0.1) is 12.1 Å². The van der Waals surface area contributed by atoms with Crippen LogP contribution in [0.3, 0.4) is 0 Å². The minimum absolute atomic E-state index is 0.103. The number of nitrogens with one attached hydrogen (secondary N) is 2. The van der Waals surface area contributed by atoms with Crippen LogP contribution in [0.1, 0.15) is 46.7 Å². The van der Waals surface area contributed by atoms with Crippen molar-refractivity contribution in [2.75, 3.05) is 23.7 Å². The normalized spacial score (nSPS) is 16.1. The van der Waals surface area contributed by atoms with Crippen molar-refractivity contribution in [1.29, 1.82) is 0 Å². The van der Waals surface area contributed by atoms with Crippen LogP contribution in [-0.2, 0) is 21.2 Å². The van der Waals surface area contributed by atoms with Crippen LogP contribution >= 0.6 is 0 Å². The number of aromatic amines is 1. The molecule has 6 nitrogen and oxygen atoms in total. The van der Waals surface area contributed by atoms with E-state index in [4.69, 9.17) is 4.74 Å². The summed E-state index contributed by atoms with van der Waals surface area (Å²) in [6.45, 7) is 5.55. The third-order valence-corrected chi connectivity index (χ3v) is 7.81. The highest BCUT2D eigenvalue weighted by atomic mass is 32.2. The second-order valence-electron chi connectivity index (χ2n) is 8.69. The Labute approximate surface area is 190 Å². The minimum Gasteiger partial charge on any atom is -0.381 e. The Kier molecular flexibility index (Phi) is 6.96. The van der Waals surface area contributed by atoms with E-state index < -0.39 is 10.0 Å². The molecule has 4 rings (SSSR count). The van der Waals surface area contributed by atoms with E-state index in [2.05, 4.69) is 46.7 Å². The number of sulfonamides is 1. The lowest BCUT2D eigenvalue weighted by atomic mass is 9.85. The molecule has 1 aliphatic heterocycles. The first kappa shape index (κ1) is 22.6. The molecule has 1 unspecified atom stereocenters. The maximum Gasteiger partial charge on any atom is 0.232 e. The zero-order valence-corrected chi connectivity index (χ0v) is 19.5. The van der Waals surface area contributed by atoms with Crippen LogP contribution in [0.5, 0.6) is 0 Å². The maximum atomic E-state index is 12.7. The highest BCUT2D eigenvalue weighted by molar-refractivity contribution is 7.92. The zero-order chi connectivity index (χ0) is 22.6. The number of H-pyrrole nitrogens is 1. The van der Waals surface area contributed by atoms with E-state index in [1.165, 1.54) is 16.7 Å². The first-order valence-corrected chi connectivity index (χ1v) is 12.8. The molecule has 0 aliphatic carbocycles. The van der Waals surface area contributed by atoms with Crippen molar-refractivity contribution >= 4 is 15.7 Å². The van der Waals surface area contributed by atoms with Crippen LogP contribution in [0.15, 0.2) is 55.0 Å². The molecule has 1 atom stereocenters. The highest BCUT2D eigenvalue weighted by Crippen LogP contribution is 2.31. The highest BCUT2D eigenvalue weighted by Gasteiger charge is 2.23. The van der Waals surface area contributed by atoms with E-state index >= 15 is 0 Å². The fraction of sp³-hybridized carbons (Fsp3) is 0.400. The van der Waals surface area contributed by atoms with Gasteiger partial charge in [0.1, 0.15) is 0 Å². The molecule has 2 heterocycles. The van der Waals surface area contributed by atoms with Crippen LogP contribution < -0.4 is 4.72 Å². The molecule has 3 aromatic rings. The van der Waals surface area contributed by atoms with Crippen molar-refractivity contribution in [3.63, 3.8) is 0 Å². The first-order valence-electron chi connectivity index (χ1n) is 11.1. The smallest absolute Gasteiger partial charge is 0.232 e. The summed E-state index contributed by atoms with van der Waals surface area (Å²) in [5, 5.41) is 0. The molecular weight excluding hydrogens is 422 g/mol. The van der Waals surface area contributed by atoms with Gasteiger partial charge in [-0.3, -0.25) is 4.72 Å². The Morgan fingerprint density at radius 2 is 1.94 bits per heavy atom. The van der Waals surface area contributed by atoms with Gasteiger partial charge in [-0.05, 0) is 73.4 Å². The largest absolute Gasteiger partial charge is 0.381 e. The molecule has 0 amide bonds. The zero-order valence-electron chi connectivity index (χ0n) is 18.7. The monoisotopic (exact) mass is 453 g/mol. The van der Waals surface area contributed by atoms with Crippen LogP contribution in [-0.4, -0.2) is 37.4 Å². The number of aryl methyl sites for hydroxylation is 1. The number of nitrogens with zero attached hydrogens (tertiary/aromatic N) is 1. The lowest BCUT2D eigenvalue weighted by Crippen LogP contribution is -2.27. The van der Waals surface area contributed by atoms with E-state index in [0.29, 0.717) is 18.9 Å². The maximum absolute atomic E-state index is 12.7. The van der Waals surface area contributed by atoms with Crippen molar-refractivity contribution in [2.45, 2.75) is 39.0 Å². The fourth-order valence-electron chi connectivity index (χ4n) is 4.44. The summed E-state index contributed by atoms with van der Waals surface area (Å²) in [6.07, 6.45) is 5.90. The lowest BCUT2D eigenvalue weighted by molar-refractivity contribution is 0.0724. The standard InChI is InChI=1S/C25H31N3O3S/c1-18-5-3-8-23(19(18)2)24(25-15-26-17-27-25)14-21-6-4-7-22(13-21)28-32(29,30)16-20-9-11-31-12-10-20/h3-8,13,15,17,20,24,28H,9-12,14,16H2,1-2H3,(H,26,27). The van der Waals surface area contributed by atoms with Crippen molar-refractivity contribution in [2.24, 2.45) is 5.92 Å². The molecule has 1 aromatic heterocycles. The van der Waals surface area contributed by atoms with Crippen LogP contribution in [0, 0.1) is 19.8 Å². The molecule has 1 fully saturated rings. The summed E-state index contributed by atoms with van der Waals surface area (Å²) in [5.41, 5.74) is 6.49. The van der Waals surface area contributed by atoms with Crippen LogP contribution in [0.25, 0.3) is 0 Å². The Morgan fingerprint density at radius 3 is 2.69 bits per heavy atom. The van der Waals surface area contributed by atoms with Gasteiger partial charge in [0.15, 0.2) is 0 Å². The van der Waals surface area contributed by atoms with Gasteiger partial charge >= 0.3 is 0 Å². The first-order chi connectivity index (χ1) is 15.4. The predicted molar refractivity (Wildman–Crippen MR) is 127 cm³/mol. The third kappa shape index (κ3) is 5.58. The molecular formula is C25H31N3O3S. The molecule has 0 saturated carbocycles. The van der Waals surface area contributed by atoms with E-state index in [0.717, 1.165) is 30.5 Å². The number of aromatic nitrogens is 2. The van der Waals surface area contributed by atoms with Gasteiger partial charge < -0.3 is 9.72 Å². The number of anilines is 1.